The van der Waals surface area contributed by atoms with Gasteiger partial charge in [0, 0.05) is 63.4 Å². The van der Waals surface area contributed by atoms with Crippen LogP contribution in [-0.2, 0) is 13.6 Å². The molecule has 0 radical (unpaired) electrons. The van der Waals surface area contributed by atoms with Gasteiger partial charge in [-0.1, -0.05) is 30.3 Å². The quantitative estimate of drug-likeness (QED) is 0.359. The Kier molecular flexibility index (Phi) is 7.85. The molecule has 5 rings (SSSR count). The predicted octanol–water partition coefficient (Wildman–Crippen LogP) is 4.59. The number of para-hydroxylation sites is 1. The molecule has 2 aromatic heterocycles. The second-order valence-electron chi connectivity index (χ2n) is 9.79. The number of carbonyl (C=O) groups is 1. The molecule has 1 fully saturated rings. The molecule has 4 aromatic rings. The van der Waals surface area contributed by atoms with Gasteiger partial charge in [-0.05, 0) is 54.8 Å². The number of nitrogens with zero attached hydrogens (tertiary/aromatic N) is 7. The second-order valence-corrected chi connectivity index (χ2v) is 9.79. The molecule has 0 saturated carbocycles. The van der Waals surface area contributed by atoms with E-state index in [4.69, 9.17) is 5.26 Å². The minimum Gasteiger partial charge on any atom is -0.297 e. The Bertz CT molecular complexity index is 1420. The number of hydrazine groups is 1. The van der Waals surface area contributed by atoms with Gasteiger partial charge in [0.05, 0.1) is 23.1 Å². The minimum absolute atomic E-state index is 0.0450. The molecule has 0 aliphatic carbocycles. The lowest BCUT2D eigenvalue weighted by Gasteiger charge is -2.39. The van der Waals surface area contributed by atoms with Crippen LogP contribution in [0.2, 0.25) is 0 Å². The first-order valence-corrected chi connectivity index (χ1v) is 13.1. The third-order valence-electron chi connectivity index (χ3n) is 7.07. The summed E-state index contributed by atoms with van der Waals surface area (Å²) >= 11 is 0. The smallest absolute Gasteiger partial charge is 0.297 e. The normalized spacial score (nSPS) is 14.0. The average molecular weight is 521 g/mol. The fourth-order valence-corrected chi connectivity index (χ4v) is 4.94. The SMILES string of the molecule is CN(NC(=O)N(c1ccc(-c2cnn(C)c2)cc1)C1CCN(Cc2ccc(C#N)cn2)CC1)c1ccccc1. The van der Waals surface area contributed by atoms with Crippen molar-refractivity contribution in [2.45, 2.75) is 25.4 Å². The lowest BCUT2D eigenvalue weighted by atomic mass is 10.0. The van der Waals surface area contributed by atoms with Gasteiger partial charge in [-0.3, -0.25) is 24.5 Å². The molecule has 9 nitrogen and oxygen atoms in total. The van der Waals surface area contributed by atoms with E-state index in [1.54, 1.807) is 22.0 Å². The lowest BCUT2D eigenvalue weighted by Crippen LogP contribution is -2.54. The number of pyridine rings is 1. The summed E-state index contributed by atoms with van der Waals surface area (Å²) < 4.78 is 1.78. The number of amides is 2. The van der Waals surface area contributed by atoms with Crippen LogP contribution in [0.1, 0.15) is 24.1 Å². The maximum atomic E-state index is 13.7. The summed E-state index contributed by atoms with van der Waals surface area (Å²) in [7, 11) is 3.75. The van der Waals surface area contributed by atoms with E-state index in [9.17, 15) is 4.79 Å². The number of hydrogen-bond donors (Lipinski definition) is 1. The topological polar surface area (TPSA) is 93.3 Å². The number of anilines is 2. The van der Waals surface area contributed by atoms with Crippen LogP contribution in [0.5, 0.6) is 0 Å². The van der Waals surface area contributed by atoms with Crippen molar-refractivity contribution >= 4 is 17.4 Å². The number of nitriles is 1. The highest BCUT2D eigenvalue weighted by atomic mass is 16.2. The number of aromatic nitrogens is 3. The summed E-state index contributed by atoms with van der Waals surface area (Å²) in [6, 6.07) is 23.6. The molecule has 0 atom stereocenters. The minimum atomic E-state index is -0.164. The van der Waals surface area contributed by atoms with Gasteiger partial charge < -0.3 is 0 Å². The number of piperidine rings is 1. The Morgan fingerprint density at radius 2 is 1.74 bits per heavy atom. The molecule has 9 heteroatoms. The van der Waals surface area contributed by atoms with Gasteiger partial charge in [0.2, 0.25) is 0 Å². The average Bonchev–Trinajstić information content (AvgIpc) is 3.41. The molecular formula is C30H32N8O. The van der Waals surface area contributed by atoms with E-state index in [0.717, 1.165) is 60.7 Å². The Morgan fingerprint density at radius 1 is 1.00 bits per heavy atom. The maximum absolute atomic E-state index is 13.7. The first-order valence-electron chi connectivity index (χ1n) is 13.1. The highest BCUT2D eigenvalue weighted by Crippen LogP contribution is 2.28. The summed E-state index contributed by atoms with van der Waals surface area (Å²) in [6.07, 6.45) is 7.11. The van der Waals surface area contributed by atoms with Crippen molar-refractivity contribution in [1.29, 1.82) is 5.26 Å². The molecule has 0 bridgehead atoms. The van der Waals surface area contributed by atoms with Crippen molar-refractivity contribution in [3.8, 4) is 17.2 Å². The Balaban J connectivity index is 1.32. The standard InChI is InChI=1S/C30H32N8O/c1-35-21-25(20-33-35)24-9-12-28(13-10-24)38(30(39)34-36(2)27-6-4-3-5-7-27)29-14-16-37(17-15-29)22-26-11-8-23(18-31)19-32-26/h3-13,19-21,29H,14-17,22H2,1-2H3,(H,34,39). The van der Waals surface area contributed by atoms with Gasteiger partial charge in [0.15, 0.2) is 0 Å². The highest BCUT2D eigenvalue weighted by Gasteiger charge is 2.30. The molecule has 198 valence electrons. The van der Waals surface area contributed by atoms with Crippen LogP contribution >= 0.6 is 0 Å². The van der Waals surface area contributed by atoms with Crippen LogP contribution in [0, 0.1) is 11.3 Å². The van der Waals surface area contributed by atoms with Gasteiger partial charge in [-0.15, -0.1) is 0 Å². The number of hydrogen-bond acceptors (Lipinski definition) is 6. The van der Waals surface area contributed by atoms with Crippen molar-refractivity contribution in [2.24, 2.45) is 7.05 Å². The van der Waals surface area contributed by atoms with Gasteiger partial charge >= 0.3 is 6.03 Å². The van der Waals surface area contributed by atoms with Gasteiger partial charge in [0.25, 0.3) is 0 Å². The van der Waals surface area contributed by atoms with Crippen molar-refractivity contribution in [2.75, 3.05) is 30.0 Å². The van der Waals surface area contributed by atoms with E-state index in [1.165, 1.54) is 0 Å². The number of carbonyl (C=O) groups excluding carboxylic acids is 1. The fraction of sp³-hybridized carbons (Fsp3) is 0.267. The van der Waals surface area contributed by atoms with Crippen LogP contribution in [0.4, 0.5) is 16.2 Å². The van der Waals surface area contributed by atoms with Crippen molar-refractivity contribution < 1.29 is 4.79 Å². The summed E-state index contributed by atoms with van der Waals surface area (Å²) in [5.74, 6) is 0. The Morgan fingerprint density at radius 3 is 2.36 bits per heavy atom. The molecule has 1 aliphatic rings. The molecule has 0 unspecified atom stereocenters. The van der Waals surface area contributed by atoms with E-state index in [0.29, 0.717) is 5.56 Å². The predicted molar refractivity (Wildman–Crippen MR) is 152 cm³/mol. The van der Waals surface area contributed by atoms with E-state index in [-0.39, 0.29) is 12.1 Å². The van der Waals surface area contributed by atoms with E-state index >= 15 is 0 Å². The van der Waals surface area contributed by atoms with E-state index in [1.807, 2.05) is 92.1 Å². The van der Waals surface area contributed by atoms with Gasteiger partial charge in [0.1, 0.15) is 6.07 Å². The molecule has 2 amide bonds. The summed E-state index contributed by atoms with van der Waals surface area (Å²) in [5.41, 5.74) is 8.42. The zero-order chi connectivity index (χ0) is 27.2. The van der Waals surface area contributed by atoms with Crippen molar-refractivity contribution in [3.63, 3.8) is 0 Å². The van der Waals surface area contributed by atoms with Crippen LogP contribution in [0.3, 0.4) is 0 Å². The number of benzene rings is 2. The monoisotopic (exact) mass is 520 g/mol. The van der Waals surface area contributed by atoms with Crippen molar-refractivity contribution in [3.05, 3.63) is 96.6 Å². The number of aryl methyl sites for hydroxylation is 1. The number of rotatable bonds is 7. The summed E-state index contributed by atoms with van der Waals surface area (Å²) in [4.78, 5) is 22.4. The van der Waals surface area contributed by atoms with Gasteiger partial charge in [-0.25, -0.2) is 10.2 Å². The van der Waals surface area contributed by atoms with Crippen molar-refractivity contribution in [1.82, 2.24) is 25.1 Å². The highest BCUT2D eigenvalue weighted by molar-refractivity contribution is 5.93. The molecule has 1 aliphatic heterocycles. The molecule has 0 spiro atoms. The van der Waals surface area contributed by atoms with E-state index in [2.05, 4.69) is 26.5 Å². The fourth-order valence-electron chi connectivity index (χ4n) is 4.94. The number of nitrogens with one attached hydrogen (secondary N) is 1. The third-order valence-corrected chi connectivity index (χ3v) is 7.07. The molecule has 3 heterocycles. The third kappa shape index (κ3) is 6.25. The van der Waals surface area contributed by atoms with Crippen LogP contribution in [0.15, 0.2) is 85.3 Å². The molecule has 1 N–H and O–H groups in total. The lowest BCUT2D eigenvalue weighted by molar-refractivity contribution is 0.195. The molecular weight excluding hydrogens is 488 g/mol. The number of urea groups is 1. The largest absolute Gasteiger partial charge is 0.340 e. The summed E-state index contributed by atoms with van der Waals surface area (Å²) in [5, 5.41) is 15.0. The first kappa shape index (κ1) is 25.9. The van der Waals surface area contributed by atoms with Gasteiger partial charge in [-0.2, -0.15) is 10.4 Å². The van der Waals surface area contributed by atoms with Crippen LogP contribution in [-0.4, -0.2) is 51.9 Å². The van der Waals surface area contributed by atoms with E-state index < -0.39 is 0 Å². The Labute approximate surface area is 228 Å². The van der Waals surface area contributed by atoms with Crippen LogP contribution < -0.4 is 15.3 Å². The number of likely N-dealkylation sites (tertiary alicyclic amines) is 1. The van der Waals surface area contributed by atoms with Crippen LogP contribution in [0.25, 0.3) is 11.1 Å². The molecule has 2 aromatic carbocycles. The molecule has 39 heavy (non-hydrogen) atoms. The molecule has 1 saturated heterocycles. The maximum Gasteiger partial charge on any atom is 0.340 e. The zero-order valence-corrected chi connectivity index (χ0v) is 22.2. The summed E-state index contributed by atoms with van der Waals surface area (Å²) in [6.45, 7) is 2.41. The Hall–Kier alpha value is -4.68. The first-order chi connectivity index (χ1) is 19.0. The zero-order valence-electron chi connectivity index (χ0n) is 22.2. The second kappa shape index (κ2) is 11.8.